The molecule has 0 saturated carbocycles. The van der Waals surface area contributed by atoms with Gasteiger partial charge in [-0.25, -0.2) is 0 Å². The largest absolute Gasteiger partial charge is 0.398 e. The molecule has 4 heteroatoms. The lowest BCUT2D eigenvalue weighted by Crippen LogP contribution is -2.46. The number of benzene rings is 1. The number of rotatable bonds is 3. The predicted molar refractivity (Wildman–Crippen MR) is 73.9 cm³/mol. The molecule has 0 atom stereocenters. The van der Waals surface area contributed by atoms with Crippen molar-refractivity contribution in [2.45, 2.75) is 31.8 Å². The van der Waals surface area contributed by atoms with E-state index in [2.05, 4.69) is 34.2 Å². The third kappa shape index (κ3) is 3.44. The Bertz CT molecular complexity index is 389. The van der Waals surface area contributed by atoms with Crippen molar-refractivity contribution in [1.82, 2.24) is 5.32 Å². The summed E-state index contributed by atoms with van der Waals surface area (Å²) in [5.41, 5.74) is 8.08. The van der Waals surface area contributed by atoms with E-state index in [-0.39, 0.29) is 5.54 Å². The van der Waals surface area contributed by atoms with Crippen LogP contribution in [-0.2, 0) is 11.3 Å². The number of nitrogens with one attached hydrogen (secondary N) is 1. The second-order valence-corrected chi connectivity index (χ2v) is 5.74. The minimum absolute atomic E-state index is 0.195. The van der Waals surface area contributed by atoms with Gasteiger partial charge < -0.3 is 15.8 Å². The summed E-state index contributed by atoms with van der Waals surface area (Å²) in [7, 11) is 0. The van der Waals surface area contributed by atoms with Crippen LogP contribution in [0.2, 0.25) is 0 Å². The third-order valence-corrected chi connectivity index (χ3v) is 4.10. The van der Waals surface area contributed by atoms with Crippen molar-refractivity contribution >= 4 is 21.6 Å². The van der Waals surface area contributed by atoms with Gasteiger partial charge in [0.25, 0.3) is 0 Å². The van der Waals surface area contributed by atoms with Gasteiger partial charge >= 0.3 is 0 Å². The van der Waals surface area contributed by atoms with Crippen LogP contribution in [0.15, 0.2) is 22.7 Å². The highest BCUT2D eigenvalue weighted by molar-refractivity contribution is 9.10. The summed E-state index contributed by atoms with van der Waals surface area (Å²) in [5.74, 6) is 0. The summed E-state index contributed by atoms with van der Waals surface area (Å²) in [6.07, 6.45) is 2.14. The van der Waals surface area contributed by atoms with Gasteiger partial charge in [0.1, 0.15) is 0 Å². The van der Waals surface area contributed by atoms with Crippen LogP contribution in [-0.4, -0.2) is 18.8 Å². The maximum absolute atomic E-state index is 5.87. The van der Waals surface area contributed by atoms with E-state index in [0.717, 1.165) is 42.8 Å². The van der Waals surface area contributed by atoms with Crippen LogP contribution in [0.5, 0.6) is 0 Å². The molecule has 0 aromatic heterocycles. The Morgan fingerprint density at radius 3 is 2.76 bits per heavy atom. The lowest BCUT2D eigenvalue weighted by Gasteiger charge is -2.34. The molecule has 2 rings (SSSR count). The first kappa shape index (κ1) is 12.9. The Balaban J connectivity index is 1.94. The summed E-state index contributed by atoms with van der Waals surface area (Å²) in [6, 6.07) is 6.11. The highest BCUT2D eigenvalue weighted by Gasteiger charge is 2.26. The highest BCUT2D eigenvalue weighted by Crippen LogP contribution is 2.23. The molecule has 94 valence electrons. The Kier molecular flexibility index (Phi) is 4.07. The number of hydrogen-bond donors (Lipinski definition) is 2. The average Bonchev–Trinajstić information content (AvgIpc) is 2.32. The molecule has 0 bridgehead atoms. The number of hydrogen-bond acceptors (Lipinski definition) is 3. The van der Waals surface area contributed by atoms with Crippen molar-refractivity contribution in [3.05, 3.63) is 28.2 Å². The first-order chi connectivity index (χ1) is 8.09. The molecule has 0 spiro atoms. The Hall–Kier alpha value is -0.580. The third-order valence-electron chi connectivity index (χ3n) is 3.38. The molecule has 0 unspecified atom stereocenters. The van der Waals surface area contributed by atoms with Gasteiger partial charge in [0, 0.05) is 35.5 Å². The molecular weight excluding hydrogens is 280 g/mol. The maximum Gasteiger partial charge on any atom is 0.0483 e. The SMILES string of the molecule is CC1(NCc2ccc(Br)c(N)c2)CCOCC1. The van der Waals surface area contributed by atoms with Crippen LogP contribution in [0.1, 0.15) is 25.3 Å². The van der Waals surface area contributed by atoms with E-state index in [9.17, 15) is 0 Å². The van der Waals surface area contributed by atoms with Gasteiger partial charge in [-0.05, 0) is 53.4 Å². The van der Waals surface area contributed by atoms with Crippen molar-refractivity contribution in [2.75, 3.05) is 18.9 Å². The van der Waals surface area contributed by atoms with E-state index in [1.807, 2.05) is 12.1 Å². The fraction of sp³-hybridized carbons (Fsp3) is 0.538. The summed E-state index contributed by atoms with van der Waals surface area (Å²) in [6.45, 7) is 4.82. The highest BCUT2D eigenvalue weighted by atomic mass is 79.9. The average molecular weight is 299 g/mol. The van der Waals surface area contributed by atoms with E-state index in [1.54, 1.807) is 0 Å². The van der Waals surface area contributed by atoms with Gasteiger partial charge in [0.05, 0.1) is 0 Å². The second-order valence-electron chi connectivity index (χ2n) is 4.88. The number of anilines is 1. The smallest absolute Gasteiger partial charge is 0.0483 e. The Morgan fingerprint density at radius 2 is 2.12 bits per heavy atom. The number of ether oxygens (including phenoxy) is 1. The molecule has 1 saturated heterocycles. The molecule has 1 fully saturated rings. The van der Waals surface area contributed by atoms with Gasteiger partial charge in [-0.15, -0.1) is 0 Å². The maximum atomic E-state index is 5.87. The van der Waals surface area contributed by atoms with Crippen LogP contribution in [0.4, 0.5) is 5.69 Å². The fourth-order valence-electron chi connectivity index (χ4n) is 2.02. The molecule has 1 aromatic carbocycles. The lowest BCUT2D eigenvalue weighted by molar-refractivity contribution is 0.0446. The summed E-state index contributed by atoms with van der Waals surface area (Å²) >= 11 is 3.41. The zero-order valence-corrected chi connectivity index (χ0v) is 11.7. The van der Waals surface area contributed by atoms with Gasteiger partial charge in [0.2, 0.25) is 0 Å². The van der Waals surface area contributed by atoms with Crippen LogP contribution >= 0.6 is 15.9 Å². The van der Waals surface area contributed by atoms with E-state index in [1.165, 1.54) is 5.56 Å². The van der Waals surface area contributed by atoms with Gasteiger partial charge in [-0.2, -0.15) is 0 Å². The molecule has 3 nitrogen and oxygen atoms in total. The monoisotopic (exact) mass is 298 g/mol. The quantitative estimate of drug-likeness (QED) is 0.844. The minimum atomic E-state index is 0.195. The Labute approximate surface area is 111 Å². The number of nitrogens with two attached hydrogens (primary N) is 1. The van der Waals surface area contributed by atoms with Gasteiger partial charge in [-0.1, -0.05) is 6.07 Å². The van der Waals surface area contributed by atoms with Crippen molar-refractivity contribution in [1.29, 1.82) is 0 Å². The molecular formula is C13H19BrN2O. The molecule has 1 aliphatic heterocycles. The summed E-state index contributed by atoms with van der Waals surface area (Å²) in [4.78, 5) is 0. The van der Waals surface area contributed by atoms with E-state index < -0.39 is 0 Å². The Morgan fingerprint density at radius 1 is 1.41 bits per heavy atom. The van der Waals surface area contributed by atoms with Gasteiger partial charge in [-0.3, -0.25) is 0 Å². The lowest BCUT2D eigenvalue weighted by atomic mass is 9.92. The summed E-state index contributed by atoms with van der Waals surface area (Å²) in [5, 5.41) is 3.61. The van der Waals surface area contributed by atoms with E-state index in [0.29, 0.717) is 0 Å². The van der Waals surface area contributed by atoms with Crippen LogP contribution < -0.4 is 11.1 Å². The fourth-order valence-corrected chi connectivity index (χ4v) is 2.26. The molecule has 1 aliphatic rings. The number of nitrogen functional groups attached to an aromatic ring is 1. The van der Waals surface area contributed by atoms with Crippen LogP contribution in [0.3, 0.4) is 0 Å². The topological polar surface area (TPSA) is 47.3 Å². The molecule has 1 heterocycles. The molecule has 0 radical (unpaired) electrons. The van der Waals surface area contributed by atoms with E-state index in [4.69, 9.17) is 10.5 Å². The first-order valence-electron chi connectivity index (χ1n) is 5.96. The molecule has 3 N–H and O–H groups in total. The molecule has 0 amide bonds. The zero-order valence-electron chi connectivity index (χ0n) is 10.1. The first-order valence-corrected chi connectivity index (χ1v) is 6.75. The van der Waals surface area contributed by atoms with E-state index >= 15 is 0 Å². The van der Waals surface area contributed by atoms with Gasteiger partial charge in [0.15, 0.2) is 0 Å². The standard InChI is InChI=1S/C13H19BrN2O/c1-13(4-6-17-7-5-13)16-9-10-2-3-11(14)12(15)8-10/h2-3,8,16H,4-7,9,15H2,1H3. The van der Waals surface area contributed by atoms with Crippen molar-refractivity contribution < 1.29 is 4.74 Å². The zero-order chi connectivity index (χ0) is 12.3. The van der Waals surface area contributed by atoms with Crippen molar-refractivity contribution in [3.8, 4) is 0 Å². The normalized spacial score (nSPS) is 19.2. The molecule has 1 aromatic rings. The minimum Gasteiger partial charge on any atom is -0.398 e. The second kappa shape index (κ2) is 5.38. The van der Waals surface area contributed by atoms with Crippen molar-refractivity contribution in [3.63, 3.8) is 0 Å². The summed E-state index contributed by atoms with van der Waals surface area (Å²) < 4.78 is 6.34. The van der Waals surface area contributed by atoms with Crippen LogP contribution in [0.25, 0.3) is 0 Å². The predicted octanol–water partition coefficient (Wildman–Crippen LogP) is 2.69. The molecule has 0 aliphatic carbocycles. The number of halogens is 1. The van der Waals surface area contributed by atoms with Crippen molar-refractivity contribution in [2.24, 2.45) is 0 Å². The van der Waals surface area contributed by atoms with Crippen LogP contribution in [0, 0.1) is 0 Å². The molecule has 17 heavy (non-hydrogen) atoms.